The first-order valence-electron chi connectivity index (χ1n) is 7.88. The molecule has 1 aliphatic carbocycles. The number of hydrogen-bond acceptors (Lipinski definition) is 4. The maximum atomic E-state index is 12.2. The average molecular weight is 327 g/mol. The SMILES string of the molecule is COc1ccc(/C=C/C(=O)Nc2c3c(nn2C)CCC3)cc1OC. The molecule has 0 unspecified atom stereocenters. The number of hydrogen-bond donors (Lipinski definition) is 1. The second-order valence-corrected chi connectivity index (χ2v) is 5.69. The van der Waals surface area contributed by atoms with Crippen molar-refractivity contribution in [1.29, 1.82) is 0 Å². The van der Waals surface area contributed by atoms with E-state index >= 15 is 0 Å². The van der Waals surface area contributed by atoms with Gasteiger partial charge in [0.15, 0.2) is 11.5 Å². The van der Waals surface area contributed by atoms with Gasteiger partial charge in [-0.2, -0.15) is 5.10 Å². The van der Waals surface area contributed by atoms with E-state index in [1.807, 2.05) is 25.2 Å². The summed E-state index contributed by atoms with van der Waals surface area (Å²) in [6.07, 6.45) is 6.31. The van der Waals surface area contributed by atoms with Gasteiger partial charge >= 0.3 is 0 Å². The van der Waals surface area contributed by atoms with Crippen LogP contribution in [0.15, 0.2) is 24.3 Å². The monoisotopic (exact) mass is 327 g/mol. The Morgan fingerprint density at radius 1 is 1.25 bits per heavy atom. The van der Waals surface area contributed by atoms with Crippen LogP contribution >= 0.6 is 0 Å². The fourth-order valence-electron chi connectivity index (χ4n) is 2.96. The fraction of sp³-hybridized carbons (Fsp3) is 0.333. The number of nitrogens with zero attached hydrogens (tertiary/aromatic N) is 2. The lowest BCUT2D eigenvalue weighted by Gasteiger charge is -2.08. The van der Waals surface area contributed by atoms with E-state index in [4.69, 9.17) is 9.47 Å². The first-order valence-corrected chi connectivity index (χ1v) is 7.88. The molecule has 0 saturated heterocycles. The molecule has 0 bridgehead atoms. The lowest BCUT2D eigenvalue weighted by molar-refractivity contribution is -0.111. The largest absolute Gasteiger partial charge is 0.493 e. The van der Waals surface area contributed by atoms with Gasteiger partial charge in [0, 0.05) is 18.7 Å². The molecule has 6 heteroatoms. The molecule has 1 aromatic carbocycles. The molecule has 1 aromatic heterocycles. The van der Waals surface area contributed by atoms with E-state index in [1.165, 1.54) is 6.08 Å². The zero-order valence-corrected chi connectivity index (χ0v) is 14.1. The van der Waals surface area contributed by atoms with Crippen molar-refractivity contribution in [3.8, 4) is 11.5 Å². The third kappa shape index (κ3) is 3.13. The van der Waals surface area contributed by atoms with E-state index in [0.717, 1.165) is 41.9 Å². The Hall–Kier alpha value is -2.76. The molecule has 1 amide bonds. The van der Waals surface area contributed by atoms with Crippen LogP contribution in [0.2, 0.25) is 0 Å². The van der Waals surface area contributed by atoms with E-state index < -0.39 is 0 Å². The minimum atomic E-state index is -0.178. The van der Waals surface area contributed by atoms with Crippen LogP contribution in [0.1, 0.15) is 23.2 Å². The minimum absolute atomic E-state index is 0.178. The van der Waals surface area contributed by atoms with Gasteiger partial charge in [0.05, 0.1) is 19.9 Å². The highest BCUT2D eigenvalue weighted by Crippen LogP contribution is 2.29. The highest BCUT2D eigenvalue weighted by Gasteiger charge is 2.21. The minimum Gasteiger partial charge on any atom is -0.493 e. The van der Waals surface area contributed by atoms with Crippen LogP contribution in [-0.2, 0) is 24.7 Å². The number of benzene rings is 1. The van der Waals surface area contributed by atoms with Crippen LogP contribution in [0.5, 0.6) is 11.5 Å². The zero-order chi connectivity index (χ0) is 17.1. The van der Waals surface area contributed by atoms with E-state index in [9.17, 15) is 4.79 Å². The smallest absolute Gasteiger partial charge is 0.249 e. The molecule has 0 radical (unpaired) electrons. The van der Waals surface area contributed by atoms with Gasteiger partial charge < -0.3 is 14.8 Å². The summed E-state index contributed by atoms with van der Waals surface area (Å²) < 4.78 is 12.2. The molecule has 0 aliphatic heterocycles. The van der Waals surface area contributed by atoms with Gasteiger partial charge in [-0.1, -0.05) is 6.07 Å². The lowest BCUT2D eigenvalue weighted by Crippen LogP contribution is -2.12. The van der Waals surface area contributed by atoms with Crippen LogP contribution in [0.4, 0.5) is 5.82 Å². The number of ether oxygens (including phenoxy) is 2. The number of anilines is 1. The number of aryl methyl sites for hydroxylation is 2. The second-order valence-electron chi connectivity index (χ2n) is 5.69. The predicted molar refractivity (Wildman–Crippen MR) is 92.4 cm³/mol. The molecule has 0 atom stereocenters. The molecule has 0 spiro atoms. The van der Waals surface area contributed by atoms with Crippen molar-refractivity contribution in [1.82, 2.24) is 9.78 Å². The summed E-state index contributed by atoms with van der Waals surface area (Å²) in [5, 5.41) is 7.38. The van der Waals surface area contributed by atoms with Crippen molar-refractivity contribution < 1.29 is 14.3 Å². The number of rotatable bonds is 5. The molecule has 2 aromatic rings. The van der Waals surface area contributed by atoms with Crippen molar-refractivity contribution in [3.05, 3.63) is 41.1 Å². The number of aromatic nitrogens is 2. The molecule has 1 N–H and O–H groups in total. The van der Waals surface area contributed by atoms with Gasteiger partial charge in [-0.25, -0.2) is 0 Å². The number of methoxy groups -OCH3 is 2. The second kappa shape index (κ2) is 6.78. The van der Waals surface area contributed by atoms with E-state index in [2.05, 4.69) is 10.4 Å². The normalized spacial score (nSPS) is 13.1. The molecular formula is C18H21N3O3. The number of amides is 1. The van der Waals surface area contributed by atoms with E-state index in [-0.39, 0.29) is 5.91 Å². The lowest BCUT2D eigenvalue weighted by atomic mass is 10.2. The highest BCUT2D eigenvalue weighted by molar-refractivity contribution is 6.02. The number of carbonyl (C=O) groups excluding carboxylic acids is 1. The number of fused-ring (bicyclic) bond motifs is 1. The molecule has 0 fully saturated rings. The fourth-order valence-corrected chi connectivity index (χ4v) is 2.96. The molecular weight excluding hydrogens is 306 g/mol. The van der Waals surface area contributed by atoms with E-state index in [0.29, 0.717) is 11.5 Å². The topological polar surface area (TPSA) is 65.4 Å². The Morgan fingerprint density at radius 2 is 2.04 bits per heavy atom. The number of nitrogens with one attached hydrogen (secondary N) is 1. The molecule has 1 heterocycles. The summed E-state index contributed by atoms with van der Waals surface area (Å²) in [6.45, 7) is 0. The Kier molecular flexibility index (Phi) is 4.55. The summed E-state index contributed by atoms with van der Waals surface area (Å²) in [6, 6.07) is 5.50. The Labute approximate surface area is 141 Å². The summed E-state index contributed by atoms with van der Waals surface area (Å²) >= 11 is 0. The van der Waals surface area contributed by atoms with E-state index in [1.54, 1.807) is 25.0 Å². The maximum absolute atomic E-state index is 12.2. The van der Waals surface area contributed by atoms with Gasteiger partial charge in [-0.15, -0.1) is 0 Å². The van der Waals surface area contributed by atoms with Gasteiger partial charge in [0.2, 0.25) is 5.91 Å². The first kappa shape index (κ1) is 16.1. The van der Waals surface area contributed by atoms with Gasteiger partial charge in [0.25, 0.3) is 0 Å². The summed E-state index contributed by atoms with van der Waals surface area (Å²) in [7, 11) is 5.03. The Morgan fingerprint density at radius 3 is 2.79 bits per heavy atom. The maximum Gasteiger partial charge on any atom is 0.249 e. The summed E-state index contributed by atoms with van der Waals surface area (Å²) in [5.74, 6) is 1.90. The van der Waals surface area contributed by atoms with Crippen LogP contribution < -0.4 is 14.8 Å². The third-order valence-corrected chi connectivity index (χ3v) is 4.15. The first-order chi connectivity index (χ1) is 11.6. The van der Waals surface area contributed by atoms with Gasteiger partial charge in [-0.3, -0.25) is 9.48 Å². The molecule has 0 saturated carbocycles. The van der Waals surface area contributed by atoms with Crippen molar-refractivity contribution >= 4 is 17.8 Å². The molecule has 24 heavy (non-hydrogen) atoms. The van der Waals surface area contributed by atoms with Crippen molar-refractivity contribution in [2.45, 2.75) is 19.3 Å². The van der Waals surface area contributed by atoms with Gasteiger partial charge in [-0.05, 0) is 43.0 Å². The third-order valence-electron chi connectivity index (χ3n) is 4.15. The standard InChI is InChI=1S/C18H21N3O3/c1-21-18(13-5-4-6-14(13)20-21)19-17(22)10-8-12-7-9-15(23-2)16(11-12)24-3/h7-11H,4-6H2,1-3H3,(H,19,22)/b10-8+. The van der Waals surface area contributed by atoms with Crippen LogP contribution in [0, 0.1) is 0 Å². The molecule has 3 rings (SSSR count). The highest BCUT2D eigenvalue weighted by atomic mass is 16.5. The van der Waals surface area contributed by atoms with Crippen molar-refractivity contribution in [2.75, 3.05) is 19.5 Å². The summed E-state index contributed by atoms with van der Waals surface area (Å²) in [5.41, 5.74) is 3.11. The summed E-state index contributed by atoms with van der Waals surface area (Å²) in [4.78, 5) is 12.2. The van der Waals surface area contributed by atoms with Crippen LogP contribution in [-0.4, -0.2) is 29.9 Å². The van der Waals surface area contributed by atoms with Crippen LogP contribution in [0.3, 0.4) is 0 Å². The Balaban J connectivity index is 1.72. The zero-order valence-electron chi connectivity index (χ0n) is 14.1. The van der Waals surface area contributed by atoms with Crippen molar-refractivity contribution in [3.63, 3.8) is 0 Å². The molecule has 6 nitrogen and oxygen atoms in total. The van der Waals surface area contributed by atoms with Crippen LogP contribution in [0.25, 0.3) is 6.08 Å². The molecule has 126 valence electrons. The quantitative estimate of drug-likeness (QED) is 0.857. The average Bonchev–Trinajstić information content (AvgIpc) is 3.15. The van der Waals surface area contributed by atoms with Crippen molar-refractivity contribution in [2.24, 2.45) is 7.05 Å². The Bertz CT molecular complexity index is 793. The molecule has 1 aliphatic rings. The predicted octanol–water partition coefficient (Wildman–Crippen LogP) is 2.58. The van der Waals surface area contributed by atoms with Gasteiger partial charge in [0.1, 0.15) is 5.82 Å². The number of carbonyl (C=O) groups is 1.